The summed E-state index contributed by atoms with van der Waals surface area (Å²) in [5.41, 5.74) is 1.25. The minimum atomic E-state index is -0.834. The first-order valence-electron chi connectivity index (χ1n) is 14.0. The maximum absolute atomic E-state index is 10.8. The van der Waals surface area contributed by atoms with Crippen LogP contribution >= 0.6 is 0 Å². The predicted octanol–water partition coefficient (Wildman–Crippen LogP) is 6.33. The zero-order valence-electron chi connectivity index (χ0n) is 21.4. The van der Waals surface area contributed by atoms with Gasteiger partial charge in [0, 0.05) is 12.3 Å². The average molecular weight is 443 g/mol. The van der Waals surface area contributed by atoms with Crippen LogP contribution in [0.15, 0.2) is 0 Å². The van der Waals surface area contributed by atoms with Crippen molar-refractivity contribution >= 4 is 0 Å². The highest BCUT2D eigenvalue weighted by Crippen LogP contribution is 2.90. The van der Waals surface area contributed by atoms with Gasteiger partial charge in [0.25, 0.3) is 0 Å². The average Bonchev–Trinajstić information content (AvgIpc) is 2.96. The molecule has 3 nitrogen and oxygen atoms in total. The zero-order valence-corrected chi connectivity index (χ0v) is 21.4. The minimum absolute atomic E-state index is 0.0741. The van der Waals surface area contributed by atoms with Gasteiger partial charge in [-0.25, -0.2) is 0 Å². The Morgan fingerprint density at radius 2 is 1.56 bits per heavy atom. The van der Waals surface area contributed by atoms with E-state index < -0.39 is 11.4 Å². The van der Waals surface area contributed by atoms with Crippen LogP contribution in [0.2, 0.25) is 0 Å². The van der Waals surface area contributed by atoms with E-state index in [0.29, 0.717) is 27.6 Å². The first-order chi connectivity index (χ1) is 14.9. The monoisotopic (exact) mass is 442 g/mol. The lowest BCUT2D eigenvalue weighted by Crippen LogP contribution is -2.51. The molecule has 7 rings (SSSR count). The van der Waals surface area contributed by atoms with Gasteiger partial charge in [0.15, 0.2) is 5.79 Å². The minimum Gasteiger partial charge on any atom is -0.388 e. The normalized spacial score (nSPS) is 61.8. The third-order valence-corrected chi connectivity index (χ3v) is 13.4. The summed E-state index contributed by atoms with van der Waals surface area (Å²) in [6.07, 6.45) is 13.3. The Hall–Kier alpha value is -0.120. The smallest absolute Gasteiger partial charge is 0.173 e. The van der Waals surface area contributed by atoms with Crippen LogP contribution in [0.4, 0.5) is 0 Å². The quantitative estimate of drug-likeness (QED) is 0.516. The van der Waals surface area contributed by atoms with Crippen molar-refractivity contribution in [3.63, 3.8) is 0 Å². The number of fused-ring (bicyclic) bond motifs is 4. The van der Waals surface area contributed by atoms with Gasteiger partial charge in [0.05, 0.1) is 11.7 Å². The molecule has 0 aromatic carbocycles. The van der Waals surface area contributed by atoms with Crippen molar-refractivity contribution in [2.45, 2.75) is 129 Å². The Kier molecular flexibility index (Phi) is 3.85. The largest absolute Gasteiger partial charge is 0.388 e. The van der Waals surface area contributed by atoms with Crippen molar-refractivity contribution in [1.29, 1.82) is 0 Å². The van der Waals surface area contributed by atoms with Crippen LogP contribution in [0.5, 0.6) is 0 Å². The maximum atomic E-state index is 10.8. The van der Waals surface area contributed by atoms with Crippen LogP contribution in [0.25, 0.3) is 0 Å². The lowest BCUT2D eigenvalue weighted by molar-refractivity contribution is -0.232. The highest BCUT2D eigenvalue weighted by atomic mass is 16.8. The summed E-state index contributed by atoms with van der Waals surface area (Å²) in [5, 5.41) is 10.8. The standard InChI is InChI=1S/C29H46O3/c1-17-27-15-14-26(6)19(18(27)8-10-21-24(2,3)12-7-13-28(17,21)27)16-29-22(26)11-9-20(31-29)23(32-29)25(4,5)30/h17-23,30H,7-16H2,1-6H3/t17-,18-,19?,20+,21?,22?,23-,26-,27-,28?,29?/m0/s1. The highest BCUT2D eigenvalue weighted by Gasteiger charge is 2.85. The number of rotatable bonds is 1. The first kappa shape index (κ1) is 21.2. The number of ether oxygens (including phenoxy) is 2. The van der Waals surface area contributed by atoms with E-state index in [-0.39, 0.29) is 12.2 Å². The number of hydrogen-bond acceptors (Lipinski definition) is 3. The predicted molar refractivity (Wildman–Crippen MR) is 125 cm³/mol. The van der Waals surface area contributed by atoms with Gasteiger partial charge < -0.3 is 14.6 Å². The lowest BCUT2D eigenvalue weighted by Gasteiger charge is -2.58. The van der Waals surface area contributed by atoms with Crippen molar-refractivity contribution in [2.24, 2.45) is 51.2 Å². The van der Waals surface area contributed by atoms with E-state index in [0.717, 1.165) is 36.5 Å². The van der Waals surface area contributed by atoms with Gasteiger partial charge in [-0.2, -0.15) is 0 Å². The molecule has 5 unspecified atom stereocenters. The molecule has 2 bridgehead atoms. The molecule has 1 N–H and O–H groups in total. The molecule has 0 amide bonds. The molecule has 5 saturated carbocycles. The fraction of sp³-hybridized carbons (Fsp3) is 1.00. The Morgan fingerprint density at radius 3 is 2.31 bits per heavy atom. The maximum Gasteiger partial charge on any atom is 0.173 e. The van der Waals surface area contributed by atoms with Crippen molar-refractivity contribution < 1.29 is 14.6 Å². The van der Waals surface area contributed by atoms with Gasteiger partial charge in [0.1, 0.15) is 6.10 Å². The fourth-order valence-electron chi connectivity index (χ4n) is 12.4. The second-order valence-corrected chi connectivity index (χ2v) is 15.0. The molecule has 32 heavy (non-hydrogen) atoms. The summed E-state index contributed by atoms with van der Waals surface area (Å²) in [5.74, 6) is 3.50. The molecule has 7 fully saturated rings. The third kappa shape index (κ3) is 2.10. The van der Waals surface area contributed by atoms with Crippen LogP contribution in [0.3, 0.4) is 0 Å². The second-order valence-electron chi connectivity index (χ2n) is 15.0. The summed E-state index contributed by atoms with van der Waals surface area (Å²) >= 11 is 0. The van der Waals surface area contributed by atoms with Crippen LogP contribution < -0.4 is 0 Å². The van der Waals surface area contributed by atoms with E-state index >= 15 is 0 Å². The zero-order chi connectivity index (χ0) is 22.5. The summed E-state index contributed by atoms with van der Waals surface area (Å²) in [6.45, 7) is 14.3. The van der Waals surface area contributed by atoms with Crippen molar-refractivity contribution in [2.75, 3.05) is 0 Å². The Morgan fingerprint density at radius 1 is 0.812 bits per heavy atom. The molecule has 11 atom stereocenters. The van der Waals surface area contributed by atoms with Gasteiger partial charge in [-0.3, -0.25) is 0 Å². The van der Waals surface area contributed by atoms with E-state index in [1.54, 1.807) is 0 Å². The van der Waals surface area contributed by atoms with Crippen LogP contribution in [-0.2, 0) is 9.47 Å². The number of aliphatic hydroxyl groups is 1. The Balaban J connectivity index is 1.27. The van der Waals surface area contributed by atoms with Crippen LogP contribution in [0.1, 0.15) is 106 Å². The van der Waals surface area contributed by atoms with E-state index in [1.807, 2.05) is 13.8 Å². The van der Waals surface area contributed by atoms with Gasteiger partial charge in [-0.05, 0) is 111 Å². The van der Waals surface area contributed by atoms with Crippen molar-refractivity contribution in [3.05, 3.63) is 0 Å². The molecule has 0 radical (unpaired) electrons. The molecule has 0 aromatic rings. The second kappa shape index (κ2) is 5.81. The summed E-state index contributed by atoms with van der Waals surface area (Å²) in [6, 6.07) is 0. The molecular weight excluding hydrogens is 396 g/mol. The van der Waals surface area contributed by atoms with Gasteiger partial charge in [-0.15, -0.1) is 0 Å². The summed E-state index contributed by atoms with van der Waals surface area (Å²) in [7, 11) is 0. The first-order valence-corrected chi connectivity index (χ1v) is 14.0. The highest BCUT2D eigenvalue weighted by molar-refractivity contribution is 5.32. The number of hydrogen-bond donors (Lipinski definition) is 1. The molecule has 3 heteroatoms. The molecule has 5 aliphatic carbocycles. The molecule has 7 aliphatic rings. The Bertz CT molecular complexity index is 844. The molecule has 0 aromatic heterocycles. The molecule has 3 spiro atoms. The van der Waals surface area contributed by atoms with Gasteiger partial charge >= 0.3 is 0 Å². The van der Waals surface area contributed by atoms with Crippen LogP contribution in [0, 0.1) is 51.2 Å². The molecule has 180 valence electrons. The van der Waals surface area contributed by atoms with Gasteiger partial charge in [0.2, 0.25) is 0 Å². The SMILES string of the molecule is C[C@@H]1C23CCCC(C)(C)C2CC[C@H]2C4CC56O[C@H](CCC5[C@@]4(C)CC[C@]123)[C@@H](C(C)(C)O)O6. The fourth-order valence-corrected chi connectivity index (χ4v) is 12.4. The Labute approximate surface area is 195 Å². The molecule has 2 heterocycles. The van der Waals surface area contributed by atoms with Crippen LogP contribution in [-0.4, -0.2) is 28.7 Å². The molecular formula is C29H46O3. The lowest BCUT2D eigenvalue weighted by atomic mass is 9.46. The topological polar surface area (TPSA) is 38.7 Å². The van der Waals surface area contributed by atoms with E-state index in [9.17, 15) is 5.11 Å². The van der Waals surface area contributed by atoms with E-state index in [1.165, 1.54) is 51.4 Å². The molecule has 2 aliphatic heterocycles. The van der Waals surface area contributed by atoms with E-state index in [4.69, 9.17) is 9.47 Å². The molecule has 2 saturated heterocycles. The van der Waals surface area contributed by atoms with E-state index in [2.05, 4.69) is 27.7 Å². The van der Waals surface area contributed by atoms with Crippen molar-refractivity contribution in [3.8, 4) is 0 Å². The van der Waals surface area contributed by atoms with Crippen molar-refractivity contribution in [1.82, 2.24) is 0 Å². The third-order valence-electron chi connectivity index (χ3n) is 13.4. The summed E-state index contributed by atoms with van der Waals surface area (Å²) < 4.78 is 13.7. The summed E-state index contributed by atoms with van der Waals surface area (Å²) in [4.78, 5) is 0. The van der Waals surface area contributed by atoms with Gasteiger partial charge in [-0.1, -0.05) is 34.1 Å².